The van der Waals surface area contributed by atoms with Gasteiger partial charge in [-0.2, -0.15) is 0 Å². The van der Waals surface area contributed by atoms with Crippen molar-refractivity contribution in [1.29, 1.82) is 0 Å². The van der Waals surface area contributed by atoms with E-state index in [2.05, 4.69) is 0 Å². The summed E-state index contributed by atoms with van der Waals surface area (Å²) >= 11 is 0. The average Bonchev–Trinajstić information content (AvgIpc) is 2.39. The Morgan fingerprint density at radius 3 is 2.26 bits per heavy atom. The van der Waals surface area contributed by atoms with Crippen molar-refractivity contribution in [2.75, 3.05) is 60.0 Å². The van der Waals surface area contributed by atoms with Gasteiger partial charge < -0.3 is 34.3 Å². The molecule has 0 aliphatic heterocycles. The predicted octanol–water partition coefficient (Wildman–Crippen LogP) is -1.21. The Morgan fingerprint density at radius 2 is 1.63 bits per heavy atom. The Bertz CT molecular complexity index is 169. The zero-order valence-electron chi connectivity index (χ0n) is 11.5. The van der Waals surface area contributed by atoms with Gasteiger partial charge in [0.2, 0.25) is 0 Å². The van der Waals surface area contributed by atoms with E-state index in [1.54, 1.807) is 0 Å². The minimum absolute atomic E-state index is 0.0449. The molecule has 0 aliphatic carbocycles. The summed E-state index contributed by atoms with van der Waals surface area (Å²) in [7, 11) is 1.51. The number of methoxy groups -OCH3 is 1. The Labute approximate surface area is 114 Å². The topological polar surface area (TPSA) is 97.6 Å². The van der Waals surface area contributed by atoms with Crippen LogP contribution >= 0.6 is 0 Å². The van der Waals surface area contributed by atoms with E-state index in [1.165, 1.54) is 7.11 Å². The fourth-order valence-electron chi connectivity index (χ4n) is 1.31. The Hall–Kier alpha value is -0.280. The molecule has 0 aromatic heterocycles. The van der Waals surface area contributed by atoms with Crippen molar-refractivity contribution in [3.8, 4) is 0 Å². The first kappa shape index (κ1) is 18.7. The maximum absolute atomic E-state index is 9.40. The third-order valence-corrected chi connectivity index (χ3v) is 2.17. The SMILES string of the molecule is COCC(O)COCC(COCCO)OCCCO. The standard InChI is InChI=1S/C12H26O7/c1-16-7-11(15)8-18-10-12(9-17-6-4-14)19-5-2-3-13/h11-15H,2-10H2,1H3. The first-order chi connectivity index (χ1) is 9.24. The molecule has 0 aromatic rings. The van der Waals surface area contributed by atoms with Crippen LogP contribution in [0.2, 0.25) is 0 Å². The van der Waals surface area contributed by atoms with Gasteiger partial charge in [-0.25, -0.2) is 0 Å². The second kappa shape index (κ2) is 14.1. The second-order valence-electron chi connectivity index (χ2n) is 4.02. The van der Waals surface area contributed by atoms with E-state index >= 15 is 0 Å². The predicted molar refractivity (Wildman–Crippen MR) is 68.0 cm³/mol. The van der Waals surface area contributed by atoms with Gasteiger partial charge in [0.25, 0.3) is 0 Å². The summed E-state index contributed by atoms with van der Waals surface area (Å²) in [5.74, 6) is 0. The number of hydrogen-bond acceptors (Lipinski definition) is 7. The lowest BCUT2D eigenvalue weighted by Crippen LogP contribution is -2.30. The third-order valence-electron chi connectivity index (χ3n) is 2.17. The normalized spacial score (nSPS) is 14.5. The van der Waals surface area contributed by atoms with Crippen LogP contribution in [0.5, 0.6) is 0 Å². The first-order valence-corrected chi connectivity index (χ1v) is 6.40. The van der Waals surface area contributed by atoms with Crippen molar-refractivity contribution in [3.63, 3.8) is 0 Å². The summed E-state index contributed by atoms with van der Waals surface area (Å²) in [6.07, 6.45) is -0.405. The van der Waals surface area contributed by atoms with Crippen LogP contribution in [0, 0.1) is 0 Å². The number of rotatable bonds is 14. The Morgan fingerprint density at radius 1 is 0.895 bits per heavy atom. The molecule has 0 spiro atoms. The lowest BCUT2D eigenvalue weighted by molar-refractivity contribution is -0.0819. The molecule has 0 aliphatic rings. The smallest absolute Gasteiger partial charge is 0.104 e. The molecule has 0 heterocycles. The molecule has 0 amide bonds. The molecule has 19 heavy (non-hydrogen) atoms. The number of aliphatic hydroxyl groups excluding tert-OH is 3. The van der Waals surface area contributed by atoms with Gasteiger partial charge in [-0.15, -0.1) is 0 Å². The molecule has 7 heteroatoms. The number of hydrogen-bond donors (Lipinski definition) is 3. The molecule has 3 N–H and O–H groups in total. The molecule has 0 saturated carbocycles. The highest BCUT2D eigenvalue weighted by molar-refractivity contribution is 4.58. The van der Waals surface area contributed by atoms with Crippen LogP contribution < -0.4 is 0 Å². The fraction of sp³-hybridized carbons (Fsp3) is 1.00. The van der Waals surface area contributed by atoms with E-state index in [0.717, 1.165) is 0 Å². The second-order valence-corrected chi connectivity index (χ2v) is 4.02. The summed E-state index contributed by atoms with van der Waals surface area (Å²) in [5, 5.41) is 26.7. The lowest BCUT2D eigenvalue weighted by Gasteiger charge is -2.19. The molecular weight excluding hydrogens is 256 g/mol. The van der Waals surface area contributed by atoms with Gasteiger partial charge in [0.1, 0.15) is 12.2 Å². The molecule has 0 fully saturated rings. The summed E-state index contributed by atoms with van der Waals surface area (Å²) in [6.45, 7) is 1.63. The van der Waals surface area contributed by atoms with Crippen LogP contribution in [0.4, 0.5) is 0 Å². The van der Waals surface area contributed by atoms with Crippen molar-refractivity contribution in [1.82, 2.24) is 0 Å². The maximum atomic E-state index is 9.40. The van der Waals surface area contributed by atoms with Gasteiger partial charge in [-0.05, 0) is 6.42 Å². The molecule has 0 saturated heterocycles. The number of ether oxygens (including phenoxy) is 4. The summed E-state index contributed by atoms with van der Waals surface area (Å²) in [4.78, 5) is 0. The molecule has 0 radical (unpaired) electrons. The highest BCUT2D eigenvalue weighted by Crippen LogP contribution is 1.98. The fourth-order valence-corrected chi connectivity index (χ4v) is 1.31. The van der Waals surface area contributed by atoms with Crippen molar-refractivity contribution in [3.05, 3.63) is 0 Å². The zero-order valence-corrected chi connectivity index (χ0v) is 11.5. The molecule has 2 atom stereocenters. The number of aliphatic hydroxyl groups is 3. The average molecular weight is 282 g/mol. The van der Waals surface area contributed by atoms with E-state index in [-0.39, 0.29) is 45.7 Å². The van der Waals surface area contributed by atoms with Gasteiger partial charge in [0.05, 0.1) is 39.6 Å². The monoisotopic (exact) mass is 282 g/mol. The quantitative estimate of drug-likeness (QED) is 0.344. The van der Waals surface area contributed by atoms with Gasteiger partial charge >= 0.3 is 0 Å². The van der Waals surface area contributed by atoms with Crippen molar-refractivity contribution < 1.29 is 34.3 Å². The largest absolute Gasteiger partial charge is 0.396 e. The van der Waals surface area contributed by atoms with Gasteiger partial charge in [0.15, 0.2) is 0 Å². The zero-order chi connectivity index (χ0) is 14.3. The molecule has 2 unspecified atom stereocenters. The molecule has 0 rings (SSSR count). The van der Waals surface area contributed by atoms with Crippen LogP contribution in [-0.2, 0) is 18.9 Å². The Balaban J connectivity index is 3.75. The van der Waals surface area contributed by atoms with Crippen LogP contribution in [0.25, 0.3) is 0 Å². The maximum Gasteiger partial charge on any atom is 0.104 e. The van der Waals surface area contributed by atoms with E-state index in [4.69, 9.17) is 29.2 Å². The summed E-state index contributed by atoms with van der Waals surface area (Å²) < 4.78 is 20.7. The van der Waals surface area contributed by atoms with E-state index in [0.29, 0.717) is 19.6 Å². The molecule has 116 valence electrons. The van der Waals surface area contributed by atoms with Crippen molar-refractivity contribution in [2.24, 2.45) is 0 Å². The van der Waals surface area contributed by atoms with Crippen LogP contribution in [0.1, 0.15) is 6.42 Å². The van der Waals surface area contributed by atoms with Crippen LogP contribution in [0.3, 0.4) is 0 Å². The van der Waals surface area contributed by atoms with Crippen LogP contribution in [0.15, 0.2) is 0 Å². The van der Waals surface area contributed by atoms with E-state index in [1.807, 2.05) is 0 Å². The van der Waals surface area contributed by atoms with Gasteiger partial charge in [0, 0.05) is 20.3 Å². The minimum Gasteiger partial charge on any atom is -0.396 e. The van der Waals surface area contributed by atoms with Crippen LogP contribution in [-0.4, -0.2) is 87.5 Å². The molecule has 7 nitrogen and oxygen atoms in total. The summed E-state index contributed by atoms with van der Waals surface area (Å²) in [6, 6.07) is 0. The molecular formula is C12H26O7. The van der Waals surface area contributed by atoms with Crippen molar-refractivity contribution >= 4 is 0 Å². The van der Waals surface area contributed by atoms with E-state index in [9.17, 15) is 5.11 Å². The molecule has 0 aromatic carbocycles. The lowest BCUT2D eigenvalue weighted by atomic mass is 10.3. The summed E-state index contributed by atoms with van der Waals surface area (Å²) in [5.41, 5.74) is 0. The molecule has 0 bridgehead atoms. The van der Waals surface area contributed by atoms with E-state index < -0.39 is 6.10 Å². The minimum atomic E-state index is -0.665. The first-order valence-electron chi connectivity index (χ1n) is 6.40. The third kappa shape index (κ3) is 12.5. The highest BCUT2D eigenvalue weighted by Gasteiger charge is 2.11. The van der Waals surface area contributed by atoms with Crippen molar-refractivity contribution in [2.45, 2.75) is 18.6 Å². The van der Waals surface area contributed by atoms with Gasteiger partial charge in [-0.1, -0.05) is 0 Å². The van der Waals surface area contributed by atoms with Gasteiger partial charge in [-0.3, -0.25) is 0 Å². The highest BCUT2D eigenvalue weighted by atomic mass is 16.6. The Kier molecular flexibility index (Phi) is 13.9.